The minimum Gasteiger partial charge on any atom is -0.497 e. The van der Waals surface area contributed by atoms with E-state index in [-0.39, 0.29) is 34.1 Å². The first kappa shape index (κ1) is 29.1. The van der Waals surface area contributed by atoms with Crippen LogP contribution in [0.1, 0.15) is 30.6 Å². The van der Waals surface area contributed by atoms with Crippen molar-refractivity contribution in [3.8, 4) is 5.75 Å². The van der Waals surface area contributed by atoms with Gasteiger partial charge in [0.2, 0.25) is 0 Å². The molecule has 0 aliphatic carbocycles. The molecule has 3 aromatic carbocycles. The molecule has 0 aliphatic rings. The molecule has 4 rings (SSSR count). The van der Waals surface area contributed by atoms with Crippen LogP contribution in [-0.4, -0.2) is 50.7 Å². The van der Waals surface area contributed by atoms with Gasteiger partial charge in [0.05, 0.1) is 39.9 Å². The second-order valence-corrected chi connectivity index (χ2v) is 11.1. The smallest absolute Gasteiger partial charge is 0.263 e. The SMILES string of the molecule is COc1ccc(Cl)c(Nc2nc3ccccc3nc2NS(=O)(=O)c2cccc(C(=O)NCCCOC(C)C)c2)c1. The number of carbonyl (C=O) groups excluding carboxylic acids is 1. The fourth-order valence-corrected chi connectivity index (χ4v) is 4.92. The number of aromatic nitrogens is 2. The first-order valence-corrected chi connectivity index (χ1v) is 14.4. The molecule has 3 N–H and O–H groups in total. The standard InChI is InChI=1S/C28H30ClN5O5S/c1-18(2)39-15-7-14-30-28(35)19-8-6-9-21(16-19)40(36,37)34-27-26(31-23-10-4-5-11-24(23)32-27)33-25-17-20(38-3)12-13-22(25)29/h4-6,8-13,16-18H,7,14-15H2,1-3H3,(H,30,35)(H,31,33)(H,32,34). The van der Waals surface area contributed by atoms with Gasteiger partial charge in [-0.3, -0.25) is 9.52 Å². The summed E-state index contributed by atoms with van der Waals surface area (Å²) < 4.78 is 40.2. The molecule has 0 saturated heterocycles. The third-order valence-corrected chi connectivity index (χ3v) is 7.36. The highest BCUT2D eigenvalue weighted by atomic mass is 35.5. The van der Waals surface area contributed by atoms with Gasteiger partial charge in [-0.2, -0.15) is 0 Å². The summed E-state index contributed by atoms with van der Waals surface area (Å²) in [5.41, 5.74) is 1.68. The Morgan fingerprint density at radius 3 is 2.40 bits per heavy atom. The molecule has 0 saturated carbocycles. The molecule has 0 unspecified atom stereocenters. The Bertz CT molecular complexity index is 1610. The summed E-state index contributed by atoms with van der Waals surface area (Å²) in [5, 5.41) is 6.22. The van der Waals surface area contributed by atoms with E-state index in [1.165, 1.54) is 25.3 Å². The Morgan fingerprint density at radius 2 is 1.70 bits per heavy atom. The number of ether oxygens (including phenoxy) is 2. The third-order valence-electron chi connectivity index (χ3n) is 5.69. The number of nitrogens with zero attached hydrogens (tertiary/aromatic N) is 2. The highest BCUT2D eigenvalue weighted by molar-refractivity contribution is 7.92. The molecular weight excluding hydrogens is 554 g/mol. The van der Waals surface area contributed by atoms with Crippen molar-refractivity contribution in [1.29, 1.82) is 0 Å². The minimum atomic E-state index is -4.16. The minimum absolute atomic E-state index is 0.0439. The number of hydrogen-bond acceptors (Lipinski definition) is 8. The molecular formula is C28H30ClN5O5S. The zero-order valence-electron chi connectivity index (χ0n) is 22.3. The van der Waals surface area contributed by atoms with Gasteiger partial charge in [-0.15, -0.1) is 0 Å². The van der Waals surface area contributed by atoms with Crippen molar-refractivity contribution in [2.75, 3.05) is 30.3 Å². The summed E-state index contributed by atoms with van der Waals surface area (Å²) in [5.74, 6) is 0.250. The Balaban J connectivity index is 1.60. The number of sulfonamides is 1. The molecule has 0 radical (unpaired) electrons. The normalized spacial score (nSPS) is 11.4. The second-order valence-electron chi connectivity index (χ2n) is 9.04. The Hall–Kier alpha value is -3.93. The Labute approximate surface area is 238 Å². The molecule has 0 atom stereocenters. The second kappa shape index (κ2) is 12.9. The van der Waals surface area contributed by atoms with Crippen molar-refractivity contribution >= 4 is 55.9 Å². The molecule has 0 spiro atoms. The van der Waals surface area contributed by atoms with E-state index in [0.29, 0.717) is 47.1 Å². The van der Waals surface area contributed by atoms with Gasteiger partial charge in [-0.25, -0.2) is 18.4 Å². The number of methoxy groups -OCH3 is 1. The summed E-state index contributed by atoms with van der Waals surface area (Å²) in [4.78, 5) is 21.6. The quantitative estimate of drug-likeness (QED) is 0.189. The van der Waals surface area contributed by atoms with Gasteiger partial charge in [0, 0.05) is 24.8 Å². The van der Waals surface area contributed by atoms with Crippen molar-refractivity contribution in [3.05, 3.63) is 77.3 Å². The molecule has 4 aromatic rings. The zero-order valence-corrected chi connectivity index (χ0v) is 23.8. The van der Waals surface area contributed by atoms with E-state index in [0.717, 1.165) is 0 Å². The summed E-state index contributed by atoms with van der Waals surface area (Å²) in [6.45, 7) is 4.79. The van der Waals surface area contributed by atoms with Gasteiger partial charge in [0.15, 0.2) is 11.6 Å². The molecule has 1 aromatic heterocycles. The number of halogens is 1. The van der Waals surface area contributed by atoms with E-state index in [1.54, 1.807) is 48.5 Å². The molecule has 0 bridgehead atoms. The van der Waals surface area contributed by atoms with Gasteiger partial charge in [0.25, 0.3) is 15.9 Å². The lowest BCUT2D eigenvalue weighted by molar-refractivity contribution is 0.0757. The van der Waals surface area contributed by atoms with Crippen LogP contribution in [0.15, 0.2) is 71.6 Å². The van der Waals surface area contributed by atoms with Crippen molar-refractivity contribution in [2.45, 2.75) is 31.3 Å². The monoisotopic (exact) mass is 583 g/mol. The van der Waals surface area contributed by atoms with E-state index < -0.39 is 10.0 Å². The number of carbonyl (C=O) groups is 1. The maximum absolute atomic E-state index is 13.4. The molecule has 40 heavy (non-hydrogen) atoms. The van der Waals surface area contributed by atoms with Gasteiger partial charge >= 0.3 is 0 Å². The number of nitrogens with one attached hydrogen (secondary N) is 3. The Morgan fingerprint density at radius 1 is 0.975 bits per heavy atom. The zero-order chi connectivity index (χ0) is 28.7. The number of anilines is 3. The van der Waals surface area contributed by atoms with Crippen molar-refractivity contribution in [1.82, 2.24) is 15.3 Å². The molecule has 0 aliphatic heterocycles. The highest BCUT2D eigenvalue weighted by Gasteiger charge is 2.21. The van der Waals surface area contributed by atoms with Crippen LogP contribution in [0.4, 0.5) is 17.3 Å². The van der Waals surface area contributed by atoms with Gasteiger partial charge < -0.3 is 20.1 Å². The molecule has 1 heterocycles. The van der Waals surface area contributed by atoms with Crippen LogP contribution >= 0.6 is 11.6 Å². The lowest BCUT2D eigenvalue weighted by Crippen LogP contribution is -2.26. The number of rotatable bonds is 12. The maximum Gasteiger partial charge on any atom is 0.263 e. The average molecular weight is 584 g/mol. The fourth-order valence-electron chi connectivity index (χ4n) is 3.70. The van der Waals surface area contributed by atoms with Crippen LogP contribution in [0, 0.1) is 0 Å². The topological polar surface area (TPSA) is 132 Å². The maximum atomic E-state index is 13.4. The molecule has 12 heteroatoms. The van der Waals surface area contributed by atoms with Crippen LogP contribution < -0.4 is 20.1 Å². The predicted octanol–water partition coefficient (Wildman–Crippen LogP) is 5.38. The fraction of sp³-hybridized carbons (Fsp3) is 0.250. The molecule has 0 fully saturated rings. The number of benzene rings is 3. The predicted molar refractivity (Wildman–Crippen MR) is 156 cm³/mol. The summed E-state index contributed by atoms with van der Waals surface area (Å²) >= 11 is 6.37. The number of fused-ring (bicyclic) bond motifs is 1. The van der Waals surface area contributed by atoms with Gasteiger partial charge in [0.1, 0.15) is 5.75 Å². The first-order chi connectivity index (χ1) is 19.2. The lowest BCUT2D eigenvalue weighted by atomic mass is 10.2. The van der Waals surface area contributed by atoms with E-state index in [9.17, 15) is 13.2 Å². The summed E-state index contributed by atoms with van der Waals surface area (Å²) in [7, 11) is -2.64. The van der Waals surface area contributed by atoms with Gasteiger partial charge in [-0.1, -0.05) is 29.8 Å². The molecule has 210 valence electrons. The van der Waals surface area contributed by atoms with Crippen molar-refractivity contribution < 1.29 is 22.7 Å². The van der Waals surface area contributed by atoms with Crippen LogP contribution in [0.2, 0.25) is 5.02 Å². The third kappa shape index (κ3) is 7.38. The van der Waals surface area contributed by atoms with E-state index in [2.05, 4.69) is 25.3 Å². The van der Waals surface area contributed by atoms with Crippen molar-refractivity contribution in [2.24, 2.45) is 0 Å². The highest BCUT2D eigenvalue weighted by Crippen LogP contribution is 2.32. The van der Waals surface area contributed by atoms with E-state index in [4.69, 9.17) is 21.1 Å². The summed E-state index contributed by atoms with van der Waals surface area (Å²) in [6.07, 6.45) is 0.748. The number of para-hydroxylation sites is 2. The van der Waals surface area contributed by atoms with Crippen LogP contribution in [0.25, 0.3) is 11.0 Å². The van der Waals surface area contributed by atoms with Gasteiger partial charge in [-0.05, 0) is 62.7 Å². The first-order valence-electron chi connectivity index (χ1n) is 12.6. The Kier molecular flexibility index (Phi) is 9.41. The van der Waals surface area contributed by atoms with E-state index >= 15 is 0 Å². The number of hydrogen-bond donors (Lipinski definition) is 3. The van der Waals surface area contributed by atoms with Crippen LogP contribution in [0.3, 0.4) is 0 Å². The summed E-state index contributed by atoms with van der Waals surface area (Å²) in [6, 6.07) is 17.8. The number of amides is 1. The average Bonchev–Trinajstić information content (AvgIpc) is 2.94. The van der Waals surface area contributed by atoms with Crippen LogP contribution in [0.5, 0.6) is 5.75 Å². The van der Waals surface area contributed by atoms with Crippen LogP contribution in [-0.2, 0) is 14.8 Å². The molecule has 1 amide bonds. The van der Waals surface area contributed by atoms with Crippen molar-refractivity contribution in [3.63, 3.8) is 0 Å². The largest absolute Gasteiger partial charge is 0.497 e. The van der Waals surface area contributed by atoms with E-state index in [1.807, 2.05) is 13.8 Å². The molecule has 10 nitrogen and oxygen atoms in total. The lowest BCUT2D eigenvalue weighted by Gasteiger charge is -2.15.